The number of nitrogens with zero attached hydrogens (tertiary/aromatic N) is 2. The van der Waals surface area contributed by atoms with Gasteiger partial charge in [0.25, 0.3) is 0 Å². The number of halogens is 4. The average molecular weight is 566 g/mol. The number of hydrogen-bond acceptors (Lipinski definition) is 7. The summed E-state index contributed by atoms with van der Waals surface area (Å²) in [5, 5.41) is 6.20. The zero-order chi connectivity index (χ0) is 25.4. The number of rotatable bonds is 8. The van der Waals surface area contributed by atoms with E-state index in [9.17, 15) is 27.6 Å². The fourth-order valence-corrected chi connectivity index (χ4v) is 5.25. The van der Waals surface area contributed by atoms with E-state index >= 15 is 0 Å². The maximum Gasteiger partial charge on any atom is 0.436 e. The van der Waals surface area contributed by atoms with Crippen molar-refractivity contribution < 1.29 is 37.0 Å². The number of carbonyl (C=O) groups excluding carboxylic acids is 3. The molecule has 3 rings (SSSR count). The fourth-order valence-electron chi connectivity index (χ4n) is 3.32. The molecule has 13 heteroatoms. The summed E-state index contributed by atoms with van der Waals surface area (Å²) in [6.45, 7) is 6.07. The topological polar surface area (TPSA) is 99.5 Å². The van der Waals surface area contributed by atoms with Gasteiger partial charge in [-0.2, -0.15) is 18.3 Å². The molecule has 1 amide bonds. The molecule has 2 heterocycles. The van der Waals surface area contributed by atoms with Crippen LogP contribution in [0.3, 0.4) is 0 Å². The first-order valence-electron chi connectivity index (χ1n) is 10.5. The van der Waals surface area contributed by atoms with E-state index in [0.717, 1.165) is 16.0 Å². The quantitative estimate of drug-likeness (QED) is 0.436. The summed E-state index contributed by atoms with van der Waals surface area (Å²) in [6, 6.07) is 0. The Kier molecular flexibility index (Phi) is 7.75. The van der Waals surface area contributed by atoms with Gasteiger partial charge in [0, 0.05) is 5.92 Å². The summed E-state index contributed by atoms with van der Waals surface area (Å²) in [7, 11) is 0. The highest BCUT2D eigenvalue weighted by Crippen LogP contribution is 2.47. The molecule has 2 aromatic heterocycles. The highest BCUT2D eigenvalue weighted by Gasteiger charge is 2.42. The van der Waals surface area contributed by atoms with Crippen molar-refractivity contribution in [3.63, 3.8) is 0 Å². The molecule has 1 aliphatic carbocycles. The van der Waals surface area contributed by atoms with Crippen molar-refractivity contribution in [3.8, 4) is 0 Å². The van der Waals surface area contributed by atoms with Gasteiger partial charge in [0.1, 0.15) is 16.4 Å². The van der Waals surface area contributed by atoms with Crippen LogP contribution in [0.2, 0.25) is 0 Å². The third kappa shape index (κ3) is 5.62. The SMILES string of the molecule is CCOC(=O)c1sc(NC(=O)Cn2nc(C(F)(F)F)c(Br)c2C2CC2)c(C(=O)OC(C)C)c1C. The molecule has 0 aliphatic heterocycles. The van der Waals surface area contributed by atoms with E-state index in [1.54, 1.807) is 20.8 Å². The molecule has 0 spiro atoms. The molecule has 0 radical (unpaired) electrons. The molecule has 0 bridgehead atoms. The summed E-state index contributed by atoms with van der Waals surface area (Å²) < 4.78 is 51.1. The minimum absolute atomic E-state index is 0.00449. The van der Waals surface area contributed by atoms with Gasteiger partial charge in [-0.3, -0.25) is 9.48 Å². The van der Waals surface area contributed by atoms with Gasteiger partial charge in [0.05, 0.1) is 28.4 Å². The Bertz CT molecular complexity index is 1120. The number of aromatic nitrogens is 2. The molecule has 1 saturated carbocycles. The zero-order valence-electron chi connectivity index (χ0n) is 18.8. The number of ether oxygens (including phenoxy) is 2. The van der Waals surface area contributed by atoms with Gasteiger partial charge >= 0.3 is 18.1 Å². The van der Waals surface area contributed by atoms with Crippen molar-refractivity contribution in [1.82, 2.24) is 9.78 Å². The maximum absolute atomic E-state index is 13.3. The summed E-state index contributed by atoms with van der Waals surface area (Å²) >= 11 is 3.82. The predicted molar refractivity (Wildman–Crippen MR) is 121 cm³/mol. The Morgan fingerprint density at radius 1 is 1.26 bits per heavy atom. The van der Waals surface area contributed by atoms with E-state index < -0.39 is 42.4 Å². The lowest BCUT2D eigenvalue weighted by molar-refractivity contribution is -0.142. The van der Waals surface area contributed by atoms with E-state index in [2.05, 4.69) is 26.3 Å². The number of nitrogens with one attached hydrogen (secondary N) is 1. The van der Waals surface area contributed by atoms with Gasteiger partial charge in [0.15, 0.2) is 5.69 Å². The minimum atomic E-state index is -4.68. The van der Waals surface area contributed by atoms with Gasteiger partial charge in [0.2, 0.25) is 5.91 Å². The Morgan fingerprint density at radius 3 is 2.44 bits per heavy atom. The van der Waals surface area contributed by atoms with Gasteiger partial charge < -0.3 is 14.8 Å². The van der Waals surface area contributed by atoms with E-state index in [1.165, 1.54) is 6.92 Å². The standard InChI is InChI=1S/C21H23BrF3N3O5S/c1-5-32-20(31)16-10(4)13(19(30)33-9(2)3)18(34-16)26-12(29)8-28-15(11-6-7-11)14(22)17(27-28)21(23,24)25/h9,11H,5-8H2,1-4H3,(H,26,29). The Morgan fingerprint density at radius 2 is 1.91 bits per heavy atom. The number of anilines is 1. The minimum Gasteiger partial charge on any atom is -0.462 e. The zero-order valence-corrected chi connectivity index (χ0v) is 21.2. The van der Waals surface area contributed by atoms with E-state index in [4.69, 9.17) is 9.47 Å². The van der Waals surface area contributed by atoms with Crippen LogP contribution in [0.15, 0.2) is 4.47 Å². The van der Waals surface area contributed by atoms with Crippen LogP contribution < -0.4 is 5.32 Å². The Balaban J connectivity index is 1.92. The second kappa shape index (κ2) is 10.1. The van der Waals surface area contributed by atoms with Crippen LogP contribution in [0.5, 0.6) is 0 Å². The van der Waals surface area contributed by atoms with Gasteiger partial charge in [-0.15, -0.1) is 11.3 Å². The summed E-state index contributed by atoms with van der Waals surface area (Å²) in [6.07, 6.45) is -3.75. The molecule has 8 nitrogen and oxygen atoms in total. The van der Waals surface area contributed by atoms with E-state index in [-0.39, 0.29) is 38.0 Å². The Labute approximate surface area is 205 Å². The molecule has 1 aliphatic rings. The van der Waals surface area contributed by atoms with Gasteiger partial charge in [-0.05, 0) is 62.0 Å². The molecule has 186 valence electrons. The molecular weight excluding hydrogens is 543 g/mol. The van der Waals surface area contributed by atoms with Crippen molar-refractivity contribution in [3.05, 3.63) is 31.9 Å². The first-order chi connectivity index (χ1) is 15.8. The Hall–Kier alpha value is -2.41. The number of amides is 1. The molecule has 34 heavy (non-hydrogen) atoms. The van der Waals surface area contributed by atoms with E-state index in [1.807, 2.05) is 0 Å². The van der Waals surface area contributed by atoms with Crippen molar-refractivity contribution in [2.75, 3.05) is 11.9 Å². The normalized spacial score (nSPS) is 13.8. The van der Waals surface area contributed by atoms with Crippen LogP contribution in [0.1, 0.15) is 76.5 Å². The van der Waals surface area contributed by atoms with Crippen LogP contribution in [0, 0.1) is 6.92 Å². The predicted octanol–water partition coefficient (Wildman–Crippen LogP) is 5.29. The van der Waals surface area contributed by atoms with E-state index in [0.29, 0.717) is 18.5 Å². The highest BCUT2D eigenvalue weighted by molar-refractivity contribution is 9.10. The maximum atomic E-state index is 13.3. The van der Waals surface area contributed by atoms with Gasteiger partial charge in [-0.25, -0.2) is 9.59 Å². The number of carbonyl (C=O) groups is 3. The van der Waals surface area contributed by atoms with Crippen LogP contribution >= 0.6 is 27.3 Å². The van der Waals surface area contributed by atoms with Gasteiger partial charge in [-0.1, -0.05) is 0 Å². The number of hydrogen-bond donors (Lipinski definition) is 1. The summed E-state index contributed by atoms with van der Waals surface area (Å²) in [5.41, 5.74) is -0.518. The lowest BCUT2D eigenvalue weighted by atomic mass is 10.1. The van der Waals surface area contributed by atoms with Crippen LogP contribution in [-0.4, -0.2) is 40.3 Å². The third-order valence-electron chi connectivity index (χ3n) is 4.86. The summed E-state index contributed by atoms with van der Waals surface area (Å²) in [4.78, 5) is 37.9. The monoisotopic (exact) mass is 565 g/mol. The van der Waals surface area contributed by atoms with Crippen molar-refractivity contribution in [2.45, 2.75) is 65.3 Å². The largest absolute Gasteiger partial charge is 0.462 e. The summed E-state index contributed by atoms with van der Waals surface area (Å²) in [5.74, 6) is -2.23. The van der Waals surface area contributed by atoms with Crippen molar-refractivity contribution >= 4 is 50.1 Å². The van der Waals surface area contributed by atoms with Crippen LogP contribution in [-0.2, 0) is 27.0 Å². The fraction of sp³-hybridized carbons (Fsp3) is 0.524. The number of thiophene rings is 1. The second-order valence-electron chi connectivity index (χ2n) is 7.96. The lowest BCUT2D eigenvalue weighted by Gasteiger charge is -2.11. The van der Waals surface area contributed by atoms with Crippen molar-refractivity contribution in [2.24, 2.45) is 0 Å². The smallest absolute Gasteiger partial charge is 0.436 e. The number of alkyl halides is 3. The first kappa shape index (κ1) is 26.2. The second-order valence-corrected chi connectivity index (χ2v) is 9.77. The molecule has 0 unspecified atom stereocenters. The molecule has 0 aromatic carbocycles. The average Bonchev–Trinajstić information content (AvgIpc) is 3.40. The van der Waals surface area contributed by atoms with Crippen LogP contribution in [0.25, 0.3) is 0 Å². The molecule has 1 N–H and O–H groups in total. The molecular formula is C21H23BrF3N3O5S. The van der Waals surface area contributed by atoms with Crippen molar-refractivity contribution in [1.29, 1.82) is 0 Å². The third-order valence-corrected chi connectivity index (χ3v) is 6.83. The molecule has 2 aromatic rings. The molecule has 0 saturated heterocycles. The lowest BCUT2D eigenvalue weighted by Crippen LogP contribution is -2.22. The van der Waals surface area contributed by atoms with Crippen LogP contribution in [0.4, 0.5) is 18.2 Å². The first-order valence-corrected chi connectivity index (χ1v) is 12.1. The highest BCUT2D eigenvalue weighted by atomic mass is 79.9. The number of esters is 2. The molecule has 0 atom stereocenters. The molecule has 1 fully saturated rings.